The van der Waals surface area contributed by atoms with E-state index < -0.39 is 47.9 Å². The smallest absolute Gasteiger partial charge is 0.328 e. The molecule has 0 spiro atoms. The minimum atomic E-state index is -1.69. The topological polar surface area (TPSA) is 167 Å². The van der Waals surface area contributed by atoms with Crippen molar-refractivity contribution in [2.24, 2.45) is 0 Å². The lowest BCUT2D eigenvalue weighted by Crippen LogP contribution is -2.72. The first-order chi connectivity index (χ1) is 19.9. The number of aromatic amines is 1. The van der Waals surface area contributed by atoms with E-state index in [9.17, 15) is 24.3 Å². The molecule has 3 amide bonds. The molecule has 12 heteroatoms. The molecule has 1 aliphatic rings. The minimum Gasteiger partial charge on any atom is -0.467 e. The zero-order chi connectivity index (χ0) is 28.9. The molecule has 1 fully saturated rings. The predicted octanol–water partition coefficient (Wildman–Crippen LogP) is 0.788. The number of β-lactam (4-membered cyclic amide) rings is 1. The van der Waals surface area contributed by atoms with Gasteiger partial charge in [-0.1, -0.05) is 60.7 Å². The van der Waals surface area contributed by atoms with Crippen molar-refractivity contribution >= 4 is 34.6 Å². The van der Waals surface area contributed by atoms with Gasteiger partial charge in [0.05, 0.1) is 24.9 Å². The fourth-order valence-corrected chi connectivity index (χ4v) is 4.91. The quantitative estimate of drug-likeness (QED) is 0.164. The largest absolute Gasteiger partial charge is 0.467 e. The molecular formula is C29H28N6O6. The number of hydrogen-bond acceptors (Lipinski definition) is 8. The number of esters is 1. The van der Waals surface area contributed by atoms with Crippen molar-refractivity contribution < 1.29 is 29.0 Å². The van der Waals surface area contributed by atoms with Crippen LogP contribution in [0.1, 0.15) is 22.9 Å². The molecule has 0 saturated carbocycles. The second kappa shape index (κ2) is 12.0. The van der Waals surface area contributed by atoms with Crippen molar-refractivity contribution in [3.63, 3.8) is 0 Å². The van der Waals surface area contributed by atoms with Gasteiger partial charge in [-0.3, -0.25) is 14.4 Å². The molecule has 2 aromatic carbocycles. The van der Waals surface area contributed by atoms with Gasteiger partial charge < -0.3 is 30.4 Å². The van der Waals surface area contributed by atoms with Gasteiger partial charge in [0, 0.05) is 24.2 Å². The average molecular weight is 557 g/mol. The number of benzene rings is 2. The number of H-pyrrole nitrogens is 1. The molecule has 0 bridgehead atoms. The molecule has 210 valence electrons. The Kier molecular flexibility index (Phi) is 8.01. The van der Waals surface area contributed by atoms with Crippen molar-refractivity contribution in [2.45, 2.75) is 37.2 Å². The van der Waals surface area contributed by atoms with Gasteiger partial charge >= 0.3 is 5.97 Å². The van der Waals surface area contributed by atoms with Crippen LogP contribution in [0.5, 0.6) is 0 Å². The summed E-state index contributed by atoms with van der Waals surface area (Å²) in [5.74, 6) is -2.83. The predicted molar refractivity (Wildman–Crippen MR) is 146 cm³/mol. The maximum absolute atomic E-state index is 13.6. The Bertz CT molecular complexity index is 1560. The number of amides is 3. The summed E-state index contributed by atoms with van der Waals surface area (Å²) in [5.41, 5.74) is 2.48. The summed E-state index contributed by atoms with van der Waals surface area (Å²) in [6.45, 7) is 0.0611. The number of aromatic nitrogens is 3. The SMILES string of the molecule is COC(=O)C(Cc1ccccc1)NC(=O)C1C(O)C(=O)N1C(C(=O)NCc1[nH]cc2cncnc12)c1ccccc1. The molecule has 4 atom stereocenters. The van der Waals surface area contributed by atoms with Crippen LogP contribution in [0.25, 0.3) is 10.9 Å². The highest BCUT2D eigenvalue weighted by Crippen LogP contribution is 2.33. The Balaban J connectivity index is 1.38. The zero-order valence-electron chi connectivity index (χ0n) is 22.1. The van der Waals surface area contributed by atoms with Crippen molar-refractivity contribution in [1.29, 1.82) is 0 Å². The van der Waals surface area contributed by atoms with Crippen LogP contribution in [0.2, 0.25) is 0 Å². The lowest BCUT2D eigenvalue weighted by molar-refractivity contribution is -0.179. The van der Waals surface area contributed by atoms with Gasteiger partial charge in [0.2, 0.25) is 11.8 Å². The van der Waals surface area contributed by atoms with E-state index in [1.165, 1.54) is 13.4 Å². The molecule has 1 aliphatic heterocycles. The summed E-state index contributed by atoms with van der Waals surface area (Å²) in [7, 11) is 1.20. The molecule has 2 aromatic heterocycles. The first-order valence-corrected chi connectivity index (χ1v) is 12.9. The zero-order valence-corrected chi connectivity index (χ0v) is 22.1. The molecule has 4 N–H and O–H groups in total. The standard InChI is InChI=1S/C29H28N6O6/c1-41-29(40)20(12-17-8-4-2-5-9-17)34-27(38)24-25(36)28(39)35(24)23(18-10-6-3-7-11-18)26(37)32-15-21-22-19(14-31-21)13-30-16-33-22/h2-11,13-14,16,20,23-25,31,36H,12,15H2,1H3,(H,32,37)(H,34,38). The molecule has 12 nitrogen and oxygen atoms in total. The Morgan fingerprint density at radius 1 is 1.10 bits per heavy atom. The van der Waals surface area contributed by atoms with E-state index in [-0.39, 0.29) is 13.0 Å². The van der Waals surface area contributed by atoms with Crippen LogP contribution in [0.3, 0.4) is 0 Å². The van der Waals surface area contributed by atoms with Crippen LogP contribution in [0.4, 0.5) is 0 Å². The van der Waals surface area contributed by atoms with Crippen LogP contribution in [0, 0.1) is 0 Å². The van der Waals surface area contributed by atoms with Crippen molar-refractivity contribution in [3.8, 4) is 0 Å². The van der Waals surface area contributed by atoms with Gasteiger partial charge in [0.15, 0.2) is 6.10 Å². The van der Waals surface area contributed by atoms with Gasteiger partial charge in [0.25, 0.3) is 5.91 Å². The van der Waals surface area contributed by atoms with E-state index in [2.05, 4.69) is 25.6 Å². The summed E-state index contributed by atoms with van der Waals surface area (Å²) in [5, 5.41) is 16.8. The highest BCUT2D eigenvalue weighted by Gasteiger charge is 2.55. The second-order valence-corrected chi connectivity index (χ2v) is 9.53. The summed E-state index contributed by atoms with van der Waals surface area (Å²) in [6.07, 6.45) is 3.20. The second-order valence-electron chi connectivity index (χ2n) is 9.53. The molecular weight excluding hydrogens is 528 g/mol. The van der Waals surface area contributed by atoms with Crippen molar-refractivity contribution in [3.05, 3.63) is 96.2 Å². The highest BCUT2D eigenvalue weighted by atomic mass is 16.5. The normalized spacial score (nSPS) is 17.8. The van der Waals surface area contributed by atoms with E-state index in [4.69, 9.17) is 4.74 Å². The number of likely N-dealkylation sites (tertiary alicyclic amines) is 1. The van der Waals surface area contributed by atoms with E-state index >= 15 is 0 Å². The first-order valence-electron chi connectivity index (χ1n) is 12.9. The maximum Gasteiger partial charge on any atom is 0.328 e. The maximum atomic E-state index is 13.6. The molecule has 3 heterocycles. The van der Waals surface area contributed by atoms with Crippen molar-refractivity contribution in [1.82, 2.24) is 30.5 Å². The molecule has 4 unspecified atom stereocenters. The number of rotatable bonds is 10. The number of nitrogens with one attached hydrogen (secondary N) is 3. The third-order valence-electron chi connectivity index (χ3n) is 6.97. The van der Waals surface area contributed by atoms with Crippen LogP contribution >= 0.6 is 0 Å². The number of methoxy groups -OCH3 is 1. The molecule has 41 heavy (non-hydrogen) atoms. The number of aliphatic hydroxyl groups is 1. The van der Waals surface area contributed by atoms with Crippen LogP contribution in [-0.2, 0) is 36.9 Å². The van der Waals surface area contributed by atoms with Gasteiger partial charge in [-0.25, -0.2) is 14.8 Å². The highest BCUT2D eigenvalue weighted by molar-refractivity contribution is 6.04. The Morgan fingerprint density at radius 2 is 1.80 bits per heavy atom. The third-order valence-corrected chi connectivity index (χ3v) is 6.97. The van der Waals surface area contributed by atoms with Crippen LogP contribution < -0.4 is 10.6 Å². The van der Waals surface area contributed by atoms with E-state index in [1.807, 2.05) is 6.07 Å². The summed E-state index contributed by atoms with van der Waals surface area (Å²) >= 11 is 0. The number of hydrogen-bond donors (Lipinski definition) is 4. The Labute approximate surface area is 234 Å². The molecule has 0 aliphatic carbocycles. The number of carbonyl (C=O) groups is 4. The summed E-state index contributed by atoms with van der Waals surface area (Å²) in [6, 6.07) is 13.8. The summed E-state index contributed by atoms with van der Waals surface area (Å²) < 4.78 is 4.87. The monoisotopic (exact) mass is 556 g/mol. The van der Waals surface area contributed by atoms with E-state index in [1.54, 1.807) is 67.0 Å². The fourth-order valence-electron chi connectivity index (χ4n) is 4.91. The lowest BCUT2D eigenvalue weighted by Gasteiger charge is -2.47. The van der Waals surface area contributed by atoms with Gasteiger partial charge in [-0.2, -0.15) is 0 Å². The van der Waals surface area contributed by atoms with Gasteiger partial charge in [-0.15, -0.1) is 0 Å². The average Bonchev–Trinajstić information content (AvgIpc) is 3.42. The van der Waals surface area contributed by atoms with Crippen LogP contribution in [0.15, 0.2) is 79.4 Å². The molecule has 5 rings (SSSR count). The number of fused-ring (bicyclic) bond motifs is 1. The Morgan fingerprint density at radius 3 is 2.51 bits per heavy atom. The molecule has 4 aromatic rings. The van der Waals surface area contributed by atoms with Crippen LogP contribution in [-0.4, -0.2) is 73.9 Å². The Hall–Kier alpha value is -5.10. The number of ether oxygens (including phenoxy) is 1. The first kappa shape index (κ1) is 27.5. The molecule has 0 radical (unpaired) electrons. The third kappa shape index (κ3) is 5.63. The number of carbonyl (C=O) groups excluding carboxylic acids is 4. The van der Waals surface area contributed by atoms with Gasteiger partial charge in [0.1, 0.15) is 24.5 Å². The minimum absolute atomic E-state index is 0.0611. The van der Waals surface area contributed by atoms with E-state index in [0.29, 0.717) is 16.8 Å². The number of aliphatic hydroxyl groups excluding tert-OH is 1. The fraction of sp³-hybridized carbons (Fsp3) is 0.241. The summed E-state index contributed by atoms with van der Waals surface area (Å²) in [4.78, 5) is 64.8. The van der Waals surface area contributed by atoms with Crippen molar-refractivity contribution in [2.75, 3.05) is 7.11 Å². The molecule has 1 saturated heterocycles. The van der Waals surface area contributed by atoms with E-state index in [0.717, 1.165) is 15.8 Å². The lowest BCUT2D eigenvalue weighted by atomic mass is 9.90. The number of nitrogens with zero attached hydrogens (tertiary/aromatic N) is 3. The van der Waals surface area contributed by atoms with Gasteiger partial charge in [-0.05, 0) is 11.1 Å².